The van der Waals surface area contributed by atoms with Gasteiger partial charge in [-0.2, -0.15) is 4.98 Å². The fraction of sp³-hybridized carbons (Fsp3) is 0.526. The first kappa shape index (κ1) is 16.3. The van der Waals surface area contributed by atoms with Crippen molar-refractivity contribution in [3.05, 3.63) is 47.6 Å². The number of carbonyl (C=O) groups is 1. The van der Waals surface area contributed by atoms with E-state index in [4.69, 9.17) is 10.3 Å². The Balaban J connectivity index is 1.26. The molecule has 0 radical (unpaired) electrons. The van der Waals surface area contributed by atoms with Gasteiger partial charge in [-0.05, 0) is 24.8 Å². The van der Waals surface area contributed by atoms with Crippen LogP contribution < -0.4 is 5.73 Å². The first-order chi connectivity index (χ1) is 12.2. The zero-order valence-electron chi connectivity index (χ0n) is 14.3. The average Bonchev–Trinajstić information content (AvgIpc) is 3.25. The van der Waals surface area contributed by atoms with Crippen LogP contribution in [0.4, 0.5) is 0 Å². The van der Waals surface area contributed by atoms with E-state index >= 15 is 0 Å². The van der Waals surface area contributed by atoms with E-state index in [-0.39, 0.29) is 17.9 Å². The van der Waals surface area contributed by atoms with Crippen LogP contribution in [0.2, 0.25) is 0 Å². The SMILES string of the molecule is N[C@@H]1CN(C(=O)CCCc2nc(C3CC3)no2)C[C@H]1c1ccccc1. The molecule has 1 aliphatic carbocycles. The summed E-state index contributed by atoms with van der Waals surface area (Å²) in [7, 11) is 0. The highest BCUT2D eigenvalue weighted by molar-refractivity contribution is 5.76. The first-order valence-corrected chi connectivity index (χ1v) is 9.11. The smallest absolute Gasteiger partial charge is 0.226 e. The highest BCUT2D eigenvalue weighted by Crippen LogP contribution is 2.38. The number of aryl methyl sites for hydroxylation is 1. The van der Waals surface area contributed by atoms with Crippen LogP contribution in [-0.2, 0) is 11.2 Å². The number of amides is 1. The van der Waals surface area contributed by atoms with Crippen LogP contribution in [0.25, 0.3) is 0 Å². The Kier molecular flexibility index (Phi) is 4.53. The summed E-state index contributed by atoms with van der Waals surface area (Å²) in [6.07, 6.45) is 4.21. The van der Waals surface area contributed by atoms with Crippen molar-refractivity contribution in [2.75, 3.05) is 13.1 Å². The van der Waals surface area contributed by atoms with Gasteiger partial charge in [-0.3, -0.25) is 4.79 Å². The Labute approximate surface area is 147 Å². The molecule has 0 bridgehead atoms. The first-order valence-electron chi connectivity index (χ1n) is 9.11. The maximum Gasteiger partial charge on any atom is 0.226 e. The van der Waals surface area contributed by atoms with Crippen LogP contribution in [0.5, 0.6) is 0 Å². The molecule has 0 spiro atoms. The predicted molar refractivity (Wildman–Crippen MR) is 92.9 cm³/mol. The molecular formula is C19H24N4O2. The topological polar surface area (TPSA) is 85.2 Å². The normalized spacial score (nSPS) is 23.2. The van der Waals surface area contributed by atoms with E-state index in [9.17, 15) is 4.79 Å². The number of hydrogen-bond donors (Lipinski definition) is 1. The Hall–Kier alpha value is -2.21. The molecule has 1 aromatic carbocycles. The molecule has 2 aliphatic rings. The number of nitrogens with two attached hydrogens (primary N) is 1. The van der Waals surface area contributed by atoms with Crippen LogP contribution >= 0.6 is 0 Å². The standard InChI is InChI=1S/C19H24N4O2/c20-16-12-23(11-15(16)13-5-2-1-3-6-13)18(24)8-4-7-17-21-19(22-25-17)14-9-10-14/h1-3,5-6,14-16H,4,7-12,20H2/t15-,16+/m0/s1. The average molecular weight is 340 g/mol. The molecule has 1 amide bonds. The van der Waals surface area contributed by atoms with Gasteiger partial charge < -0.3 is 15.2 Å². The third-order valence-electron chi connectivity index (χ3n) is 5.15. The third-order valence-corrected chi connectivity index (χ3v) is 5.15. The largest absolute Gasteiger partial charge is 0.340 e. The fourth-order valence-corrected chi connectivity index (χ4v) is 3.51. The highest BCUT2D eigenvalue weighted by Gasteiger charge is 2.33. The number of carbonyl (C=O) groups excluding carboxylic acids is 1. The Morgan fingerprint density at radius 2 is 2.04 bits per heavy atom. The summed E-state index contributed by atoms with van der Waals surface area (Å²) in [5.74, 6) is 2.37. The van der Waals surface area contributed by atoms with E-state index in [0.29, 0.717) is 37.7 Å². The van der Waals surface area contributed by atoms with Crippen molar-refractivity contribution >= 4 is 5.91 Å². The molecule has 1 saturated carbocycles. The van der Waals surface area contributed by atoms with E-state index in [2.05, 4.69) is 22.3 Å². The number of nitrogens with zero attached hydrogens (tertiary/aromatic N) is 3. The number of benzene rings is 1. The van der Waals surface area contributed by atoms with Gasteiger partial charge in [0.15, 0.2) is 5.82 Å². The minimum Gasteiger partial charge on any atom is -0.340 e. The summed E-state index contributed by atoms with van der Waals surface area (Å²) < 4.78 is 5.26. The van der Waals surface area contributed by atoms with Crippen LogP contribution in [0.3, 0.4) is 0 Å². The zero-order chi connectivity index (χ0) is 17.2. The minimum absolute atomic E-state index is 0.00314. The van der Waals surface area contributed by atoms with Gasteiger partial charge in [-0.1, -0.05) is 35.5 Å². The van der Waals surface area contributed by atoms with Crippen molar-refractivity contribution in [2.24, 2.45) is 5.73 Å². The van der Waals surface area contributed by atoms with E-state index in [1.165, 1.54) is 5.56 Å². The van der Waals surface area contributed by atoms with E-state index < -0.39 is 0 Å². The molecule has 1 aromatic heterocycles. The van der Waals surface area contributed by atoms with Crippen LogP contribution in [0.1, 0.15) is 54.8 Å². The monoisotopic (exact) mass is 340 g/mol. The quantitative estimate of drug-likeness (QED) is 0.871. The maximum absolute atomic E-state index is 12.5. The Morgan fingerprint density at radius 1 is 1.24 bits per heavy atom. The van der Waals surface area contributed by atoms with Gasteiger partial charge in [-0.15, -0.1) is 0 Å². The van der Waals surface area contributed by atoms with E-state index in [1.807, 2.05) is 23.1 Å². The van der Waals surface area contributed by atoms with Crippen LogP contribution in [0.15, 0.2) is 34.9 Å². The lowest BCUT2D eigenvalue weighted by Crippen LogP contribution is -2.32. The minimum atomic E-state index is 0.00314. The lowest BCUT2D eigenvalue weighted by molar-refractivity contribution is -0.130. The second kappa shape index (κ2) is 6.96. The molecule has 6 nitrogen and oxygen atoms in total. The number of hydrogen-bond acceptors (Lipinski definition) is 5. The predicted octanol–water partition coefficient (Wildman–Crippen LogP) is 2.22. The van der Waals surface area contributed by atoms with E-state index in [0.717, 1.165) is 25.1 Å². The number of aromatic nitrogens is 2. The van der Waals surface area contributed by atoms with Crippen molar-refractivity contribution in [2.45, 2.75) is 50.0 Å². The molecule has 2 heterocycles. The van der Waals surface area contributed by atoms with E-state index in [1.54, 1.807) is 0 Å². The van der Waals surface area contributed by atoms with Crippen molar-refractivity contribution < 1.29 is 9.32 Å². The van der Waals surface area contributed by atoms with Crippen molar-refractivity contribution in [3.63, 3.8) is 0 Å². The molecule has 1 saturated heterocycles. The van der Waals surface area contributed by atoms with Gasteiger partial charge in [0.2, 0.25) is 11.8 Å². The summed E-state index contributed by atoms with van der Waals surface area (Å²) in [5.41, 5.74) is 7.48. The molecule has 2 N–H and O–H groups in total. The zero-order valence-corrected chi connectivity index (χ0v) is 14.3. The number of rotatable bonds is 6. The summed E-state index contributed by atoms with van der Waals surface area (Å²) in [4.78, 5) is 18.8. The Morgan fingerprint density at radius 3 is 2.80 bits per heavy atom. The van der Waals surface area contributed by atoms with Crippen LogP contribution in [-0.4, -0.2) is 40.1 Å². The van der Waals surface area contributed by atoms with Crippen LogP contribution in [0, 0.1) is 0 Å². The molecule has 2 aromatic rings. The van der Waals surface area contributed by atoms with Gasteiger partial charge in [0.05, 0.1) is 0 Å². The van der Waals surface area contributed by atoms with Gasteiger partial charge in [-0.25, -0.2) is 0 Å². The molecule has 25 heavy (non-hydrogen) atoms. The summed E-state index contributed by atoms with van der Waals surface area (Å²) in [6, 6.07) is 10.2. The lowest BCUT2D eigenvalue weighted by Gasteiger charge is -2.16. The molecule has 2 atom stereocenters. The second-order valence-electron chi connectivity index (χ2n) is 7.15. The highest BCUT2D eigenvalue weighted by atomic mass is 16.5. The summed E-state index contributed by atoms with van der Waals surface area (Å²) in [6.45, 7) is 1.33. The lowest BCUT2D eigenvalue weighted by atomic mass is 9.95. The van der Waals surface area contributed by atoms with Gasteiger partial charge >= 0.3 is 0 Å². The van der Waals surface area contributed by atoms with Gasteiger partial charge in [0.25, 0.3) is 0 Å². The molecule has 4 rings (SSSR count). The van der Waals surface area contributed by atoms with Gasteiger partial charge in [0.1, 0.15) is 0 Å². The third kappa shape index (κ3) is 3.74. The van der Waals surface area contributed by atoms with Gasteiger partial charge in [0, 0.05) is 43.8 Å². The second-order valence-corrected chi connectivity index (χ2v) is 7.15. The summed E-state index contributed by atoms with van der Waals surface area (Å²) in [5, 5.41) is 4.01. The molecule has 0 unspecified atom stereocenters. The van der Waals surface area contributed by atoms with Crippen molar-refractivity contribution in [1.82, 2.24) is 15.0 Å². The van der Waals surface area contributed by atoms with Crippen molar-refractivity contribution in [1.29, 1.82) is 0 Å². The molecule has 6 heteroatoms. The fourth-order valence-electron chi connectivity index (χ4n) is 3.51. The molecule has 132 valence electrons. The maximum atomic E-state index is 12.5. The number of likely N-dealkylation sites (tertiary alicyclic amines) is 1. The Bertz CT molecular complexity index is 726. The molecule has 1 aliphatic heterocycles. The molecule has 2 fully saturated rings. The molecular weight excluding hydrogens is 316 g/mol. The van der Waals surface area contributed by atoms with Crippen molar-refractivity contribution in [3.8, 4) is 0 Å². The summed E-state index contributed by atoms with van der Waals surface area (Å²) >= 11 is 0.